The van der Waals surface area contributed by atoms with Crippen LogP contribution in [0, 0.1) is 0 Å². The molecule has 0 heterocycles. The first-order chi connectivity index (χ1) is 10.6. The number of carbonyl (C=O) groups excluding carboxylic acids is 2. The van der Waals surface area contributed by atoms with Gasteiger partial charge in [-0.3, -0.25) is 4.79 Å². The Kier molecular flexibility index (Phi) is 6.15. The van der Waals surface area contributed by atoms with Gasteiger partial charge in [-0.15, -0.1) is 0 Å². The van der Waals surface area contributed by atoms with Crippen molar-refractivity contribution in [1.29, 1.82) is 0 Å². The molecule has 2 rings (SSSR count). The van der Waals surface area contributed by atoms with E-state index in [9.17, 15) is 9.59 Å². The van der Waals surface area contributed by atoms with Crippen LogP contribution in [0.3, 0.4) is 0 Å². The van der Waals surface area contributed by atoms with Crippen molar-refractivity contribution in [2.45, 2.75) is 0 Å². The first-order valence-corrected chi connectivity index (χ1v) is 7.96. The number of carbonyl (C=O) groups is 2. The second-order valence-electron chi connectivity index (χ2n) is 4.31. The number of benzene rings is 2. The first-order valence-electron chi connectivity index (χ1n) is 6.38. The maximum Gasteiger partial charge on any atom is 0.344 e. The van der Waals surface area contributed by atoms with E-state index >= 15 is 0 Å². The summed E-state index contributed by atoms with van der Waals surface area (Å²) in [6.45, 7) is -0.560. The molecule has 0 radical (unpaired) electrons. The van der Waals surface area contributed by atoms with Crippen LogP contribution in [0.25, 0.3) is 0 Å². The maximum atomic E-state index is 11.9. The van der Waals surface area contributed by atoms with Gasteiger partial charge < -0.3 is 9.47 Å². The minimum Gasteiger partial charge on any atom is -0.482 e. The monoisotopic (exact) mass is 426 g/mol. The SMILES string of the molecule is O=C(COc1ccc(Br)cc1)OCC(=O)c1ccccc1Br. The zero-order valence-corrected chi connectivity index (χ0v) is 14.6. The number of hydrogen-bond acceptors (Lipinski definition) is 4. The molecule has 0 N–H and O–H groups in total. The Morgan fingerprint density at radius 1 is 0.909 bits per heavy atom. The first kappa shape index (κ1) is 16.7. The Morgan fingerprint density at radius 2 is 1.59 bits per heavy atom. The van der Waals surface area contributed by atoms with Crippen molar-refractivity contribution in [3.63, 3.8) is 0 Å². The molecule has 2 aromatic rings. The summed E-state index contributed by atoms with van der Waals surface area (Å²) in [5.41, 5.74) is 0.476. The molecular weight excluding hydrogens is 416 g/mol. The molecule has 114 valence electrons. The molecule has 0 unspecified atom stereocenters. The van der Waals surface area contributed by atoms with Gasteiger partial charge in [0.2, 0.25) is 5.78 Å². The van der Waals surface area contributed by atoms with Crippen molar-refractivity contribution in [3.8, 4) is 5.75 Å². The van der Waals surface area contributed by atoms with Crippen LogP contribution in [-0.4, -0.2) is 25.0 Å². The van der Waals surface area contributed by atoms with Crippen molar-refractivity contribution in [3.05, 3.63) is 63.0 Å². The molecule has 2 aromatic carbocycles. The largest absolute Gasteiger partial charge is 0.482 e. The Hall–Kier alpha value is -1.66. The van der Waals surface area contributed by atoms with Gasteiger partial charge in [-0.25, -0.2) is 4.79 Å². The number of rotatable bonds is 6. The lowest BCUT2D eigenvalue weighted by Gasteiger charge is -2.07. The summed E-state index contributed by atoms with van der Waals surface area (Å²) in [6.07, 6.45) is 0. The zero-order valence-electron chi connectivity index (χ0n) is 11.4. The smallest absolute Gasteiger partial charge is 0.344 e. The van der Waals surface area contributed by atoms with E-state index in [4.69, 9.17) is 9.47 Å². The molecule has 0 saturated carbocycles. The van der Waals surface area contributed by atoms with Crippen LogP contribution in [0.5, 0.6) is 5.75 Å². The van der Waals surface area contributed by atoms with Gasteiger partial charge in [0.25, 0.3) is 0 Å². The minimum absolute atomic E-state index is 0.245. The number of ketones is 1. The van der Waals surface area contributed by atoms with Crippen LogP contribution in [0.1, 0.15) is 10.4 Å². The highest BCUT2D eigenvalue weighted by atomic mass is 79.9. The lowest BCUT2D eigenvalue weighted by Crippen LogP contribution is -2.19. The van der Waals surface area contributed by atoms with Crippen molar-refractivity contribution in [2.24, 2.45) is 0 Å². The normalized spacial score (nSPS) is 10.1. The summed E-state index contributed by atoms with van der Waals surface area (Å²) in [5.74, 6) is -0.315. The Morgan fingerprint density at radius 3 is 2.27 bits per heavy atom. The number of esters is 1. The lowest BCUT2D eigenvalue weighted by atomic mass is 10.1. The molecular formula is C16H12Br2O4. The highest BCUT2D eigenvalue weighted by molar-refractivity contribution is 9.10. The van der Waals surface area contributed by atoms with E-state index in [0.29, 0.717) is 15.8 Å². The molecule has 4 nitrogen and oxygen atoms in total. The average Bonchev–Trinajstić information content (AvgIpc) is 2.52. The molecule has 0 fully saturated rings. The standard InChI is InChI=1S/C16H12Br2O4/c17-11-5-7-12(8-6-11)21-10-16(20)22-9-15(19)13-3-1-2-4-14(13)18/h1-8H,9-10H2. The van der Waals surface area contributed by atoms with Gasteiger partial charge in [-0.05, 0) is 30.3 Å². The van der Waals surface area contributed by atoms with Gasteiger partial charge in [0.05, 0.1) is 0 Å². The Bertz CT molecular complexity index is 668. The Labute approximate surface area is 144 Å². The van der Waals surface area contributed by atoms with E-state index < -0.39 is 5.97 Å². The van der Waals surface area contributed by atoms with Crippen molar-refractivity contribution in [1.82, 2.24) is 0 Å². The molecule has 0 bridgehead atoms. The highest BCUT2D eigenvalue weighted by Crippen LogP contribution is 2.17. The predicted molar refractivity (Wildman–Crippen MR) is 89.1 cm³/mol. The summed E-state index contributed by atoms with van der Waals surface area (Å²) >= 11 is 6.59. The third-order valence-electron chi connectivity index (χ3n) is 2.71. The fourth-order valence-corrected chi connectivity index (χ4v) is 2.40. The van der Waals surface area contributed by atoms with Gasteiger partial charge in [0.1, 0.15) is 5.75 Å². The zero-order chi connectivity index (χ0) is 15.9. The summed E-state index contributed by atoms with van der Waals surface area (Å²) < 4.78 is 11.8. The summed E-state index contributed by atoms with van der Waals surface area (Å²) in [4.78, 5) is 23.5. The number of Topliss-reactive ketones (excluding diaryl/α,β-unsaturated/α-hetero) is 1. The second kappa shape index (κ2) is 8.10. The fraction of sp³-hybridized carbons (Fsp3) is 0.125. The molecule has 0 aliphatic heterocycles. The van der Waals surface area contributed by atoms with Gasteiger partial charge in [-0.2, -0.15) is 0 Å². The number of ether oxygens (including phenoxy) is 2. The van der Waals surface area contributed by atoms with Crippen LogP contribution in [0.15, 0.2) is 57.5 Å². The van der Waals surface area contributed by atoms with Gasteiger partial charge in [-0.1, -0.05) is 50.1 Å². The summed E-state index contributed by atoms with van der Waals surface area (Å²) in [6, 6.07) is 14.0. The van der Waals surface area contributed by atoms with Crippen LogP contribution in [0.2, 0.25) is 0 Å². The fourth-order valence-electron chi connectivity index (χ4n) is 1.63. The quantitative estimate of drug-likeness (QED) is 0.516. The van der Waals surface area contributed by atoms with Crippen molar-refractivity contribution in [2.75, 3.05) is 13.2 Å². The van der Waals surface area contributed by atoms with Crippen LogP contribution in [-0.2, 0) is 9.53 Å². The van der Waals surface area contributed by atoms with E-state index in [1.54, 1.807) is 48.5 Å². The predicted octanol–water partition coefficient (Wildman–Crippen LogP) is 4.02. The molecule has 0 aliphatic carbocycles. The third kappa shape index (κ3) is 4.96. The lowest BCUT2D eigenvalue weighted by molar-refractivity contribution is -0.144. The average molecular weight is 428 g/mol. The molecule has 0 amide bonds. The van der Waals surface area contributed by atoms with E-state index in [1.807, 2.05) is 0 Å². The minimum atomic E-state index is -0.594. The molecule has 0 atom stereocenters. The second-order valence-corrected chi connectivity index (χ2v) is 6.08. The summed E-state index contributed by atoms with van der Waals surface area (Å²) in [5, 5.41) is 0. The Balaban J connectivity index is 1.79. The molecule has 0 aromatic heterocycles. The van der Waals surface area contributed by atoms with Crippen LogP contribution in [0.4, 0.5) is 0 Å². The van der Waals surface area contributed by atoms with E-state index in [2.05, 4.69) is 31.9 Å². The van der Waals surface area contributed by atoms with Crippen LogP contribution < -0.4 is 4.74 Å². The molecule has 0 saturated heterocycles. The van der Waals surface area contributed by atoms with Crippen molar-refractivity contribution >= 4 is 43.6 Å². The molecule has 0 spiro atoms. The van der Waals surface area contributed by atoms with E-state index in [-0.39, 0.29) is 19.0 Å². The molecule has 0 aliphatic rings. The van der Waals surface area contributed by atoms with E-state index in [1.165, 1.54) is 0 Å². The number of hydrogen-bond donors (Lipinski definition) is 0. The van der Waals surface area contributed by atoms with Crippen LogP contribution >= 0.6 is 31.9 Å². The van der Waals surface area contributed by atoms with E-state index in [0.717, 1.165) is 4.47 Å². The number of halogens is 2. The molecule has 6 heteroatoms. The third-order valence-corrected chi connectivity index (χ3v) is 3.93. The van der Waals surface area contributed by atoms with Gasteiger partial charge >= 0.3 is 5.97 Å². The highest BCUT2D eigenvalue weighted by Gasteiger charge is 2.12. The summed E-state index contributed by atoms with van der Waals surface area (Å²) in [7, 11) is 0. The topological polar surface area (TPSA) is 52.6 Å². The maximum absolute atomic E-state index is 11.9. The van der Waals surface area contributed by atoms with Gasteiger partial charge in [0.15, 0.2) is 13.2 Å². The van der Waals surface area contributed by atoms with Crippen molar-refractivity contribution < 1.29 is 19.1 Å². The van der Waals surface area contributed by atoms with Gasteiger partial charge in [0, 0.05) is 14.5 Å². The molecule has 22 heavy (non-hydrogen) atoms.